The second kappa shape index (κ2) is 8.45. The van der Waals surface area contributed by atoms with Crippen LogP contribution in [0.15, 0.2) is 42.6 Å². The highest BCUT2D eigenvalue weighted by molar-refractivity contribution is 7.18. The first-order valence-corrected chi connectivity index (χ1v) is 11.4. The van der Waals surface area contributed by atoms with Gasteiger partial charge in [-0.1, -0.05) is 0 Å². The Morgan fingerprint density at radius 3 is 2.61 bits per heavy atom. The number of thiazole rings is 1. The number of nitrogens with zero attached hydrogens (tertiary/aromatic N) is 5. The number of nitrogens with two attached hydrogens (primary N) is 1. The third kappa shape index (κ3) is 4.17. The lowest BCUT2D eigenvalue weighted by Gasteiger charge is -2.22. The zero-order chi connectivity index (χ0) is 25.8. The van der Waals surface area contributed by atoms with Crippen molar-refractivity contribution >= 4 is 61.0 Å². The summed E-state index contributed by atoms with van der Waals surface area (Å²) >= 11 is 1.13. The van der Waals surface area contributed by atoms with Crippen molar-refractivity contribution in [1.29, 1.82) is 0 Å². The van der Waals surface area contributed by atoms with Crippen LogP contribution in [0, 0.1) is 0 Å². The number of nitrogen functional groups attached to an aromatic ring is 1. The predicted molar refractivity (Wildman–Crippen MR) is 129 cm³/mol. The molecule has 0 saturated heterocycles. The molecular formula is C23H18F3N7O2S. The normalized spacial score (nSPS) is 11.9. The Kier molecular flexibility index (Phi) is 5.51. The molecule has 2 aromatic carbocycles. The van der Waals surface area contributed by atoms with Crippen molar-refractivity contribution in [2.75, 3.05) is 5.73 Å². The maximum atomic E-state index is 13.4. The quantitative estimate of drug-likeness (QED) is 0.352. The summed E-state index contributed by atoms with van der Waals surface area (Å²) in [5.74, 6) is -0.711. The number of halogens is 3. The molecule has 0 aliphatic rings. The molecule has 5 rings (SSSR count). The Balaban J connectivity index is 1.52. The molecule has 13 heteroatoms. The maximum absolute atomic E-state index is 13.4. The van der Waals surface area contributed by atoms with E-state index in [2.05, 4.69) is 20.5 Å². The number of amides is 2. The lowest BCUT2D eigenvalue weighted by Crippen LogP contribution is -2.44. The summed E-state index contributed by atoms with van der Waals surface area (Å²) in [6.45, 7) is 1.11. The minimum atomic E-state index is -4.49. The van der Waals surface area contributed by atoms with Crippen LogP contribution in [0.2, 0.25) is 0 Å². The fourth-order valence-electron chi connectivity index (χ4n) is 3.95. The third-order valence-electron chi connectivity index (χ3n) is 5.54. The zero-order valence-electron chi connectivity index (χ0n) is 18.9. The smallest absolute Gasteiger partial charge is 0.383 e. The highest BCUT2D eigenvalue weighted by atomic mass is 32.1. The van der Waals surface area contributed by atoms with E-state index in [1.165, 1.54) is 13.0 Å². The average Bonchev–Trinajstić information content (AvgIpc) is 3.40. The van der Waals surface area contributed by atoms with Crippen molar-refractivity contribution < 1.29 is 22.8 Å². The van der Waals surface area contributed by atoms with E-state index >= 15 is 0 Å². The molecule has 3 heterocycles. The van der Waals surface area contributed by atoms with Gasteiger partial charge in [0.2, 0.25) is 5.91 Å². The molecule has 0 spiro atoms. The second-order valence-electron chi connectivity index (χ2n) is 8.11. The van der Waals surface area contributed by atoms with Crippen molar-refractivity contribution in [3.63, 3.8) is 0 Å². The van der Waals surface area contributed by atoms with E-state index in [1.54, 1.807) is 36.1 Å². The van der Waals surface area contributed by atoms with Gasteiger partial charge in [0.15, 0.2) is 0 Å². The number of aryl methyl sites for hydroxylation is 1. The van der Waals surface area contributed by atoms with Gasteiger partial charge in [0.25, 0.3) is 5.91 Å². The maximum Gasteiger partial charge on any atom is 0.416 e. The fourth-order valence-corrected chi connectivity index (χ4v) is 4.89. The number of benzene rings is 2. The lowest BCUT2D eigenvalue weighted by atomic mass is 10.1. The number of hydrogen-bond acceptors (Lipinski definition) is 7. The first kappa shape index (κ1) is 23.5. The van der Waals surface area contributed by atoms with Gasteiger partial charge in [-0.15, -0.1) is 11.3 Å². The zero-order valence-corrected chi connectivity index (χ0v) is 19.7. The highest BCUT2D eigenvalue weighted by Crippen LogP contribution is 2.33. The SMILES string of the molecule is CC(=O)NN(Cc1nc2cc(C(F)(F)F)ccc2s1)C(=O)c1ccc2nc(N)c3cnn(C)c3c2c1. The van der Waals surface area contributed by atoms with Crippen LogP contribution in [0.1, 0.15) is 27.9 Å². The van der Waals surface area contributed by atoms with E-state index in [0.29, 0.717) is 37.3 Å². The number of hydrazine groups is 1. The summed E-state index contributed by atoms with van der Waals surface area (Å²) in [6.07, 6.45) is -2.91. The van der Waals surface area contributed by atoms with Crippen molar-refractivity contribution in [2.45, 2.75) is 19.6 Å². The minimum Gasteiger partial charge on any atom is -0.383 e. The number of carbonyl (C=O) groups excluding carboxylic acids is 2. The van der Waals surface area contributed by atoms with E-state index in [1.807, 2.05) is 0 Å². The van der Waals surface area contributed by atoms with Crippen molar-refractivity contribution in [1.82, 2.24) is 30.2 Å². The summed E-state index contributed by atoms with van der Waals surface area (Å²) in [7, 11) is 1.75. The van der Waals surface area contributed by atoms with Crippen molar-refractivity contribution in [3.05, 3.63) is 58.7 Å². The number of hydrogen-bond donors (Lipinski definition) is 2. The molecule has 0 saturated carbocycles. The number of rotatable bonds is 3. The van der Waals surface area contributed by atoms with Gasteiger partial charge in [0.05, 0.1) is 44.9 Å². The Morgan fingerprint density at radius 2 is 1.89 bits per heavy atom. The molecule has 184 valence electrons. The highest BCUT2D eigenvalue weighted by Gasteiger charge is 2.31. The number of carbonyl (C=O) groups is 2. The summed E-state index contributed by atoms with van der Waals surface area (Å²) in [4.78, 5) is 33.9. The van der Waals surface area contributed by atoms with Gasteiger partial charge in [-0.25, -0.2) is 15.0 Å². The average molecular weight is 514 g/mol. The molecule has 9 nitrogen and oxygen atoms in total. The van der Waals surface area contributed by atoms with E-state index < -0.39 is 23.6 Å². The molecule has 2 amide bonds. The minimum absolute atomic E-state index is 0.141. The van der Waals surface area contributed by atoms with Crippen LogP contribution in [-0.2, 0) is 24.6 Å². The van der Waals surface area contributed by atoms with Crippen LogP contribution in [0.5, 0.6) is 0 Å². The molecule has 0 bridgehead atoms. The number of anilines is 1. The Bertz CT molecular complexity index is 1680. The van der Waals surface area contributed by atoms with E-state index in [-0.39, 0.29) is 17.6 Å². The molecule has 3 aromatic heterocycles. The van der Waals surface area contributed by atoms with Gasteiger partial charge >= 0.3 is 6.18 Å². The van der Waals surface area contributed by atoms with E-state index in [9.17, 15) is 22.8 Å². The summed E-state index contributed by atoms with van der Waals surface area (Å²) < 4.78 is 41.3. The van der Waals surface area contributed by atoms with Crippen LogP contribution < -0.4 is 11.2 Å². The van der Waals surface area contributed by atoms with Gasteiger partial charge in [-0.3, -0.25) is 19.7 Å². The standard InChI is InChI=1S/C23H18F3N7O2S/c1-11(34)31-33(10-19-29-17-8-13(23(24,25)26)4-6-18(17)36-19)22(35)12-3-5-16-14(7-12)20-15(21(27)30-16)9-28-32(20)2/h3-9H,10H2,1-2H3,(H2,27,30)(H,31,34). The number of pyridine rings is 1. The van der Waals surface area contributed by atoms with Crippen molar-refractivity contribution in [3.8, 4) is 0 Å². The lowest BCUT2D eigenvalue weighted by molar-refractivity contribution is -0.137. The number of aromatic nitrogens is 4. The molecule has 5 aromatic rings. The van der Waals surface area contributed by atoms with Crippen molar-refractivity contribution in [2.24, 2.45) is 7.05 Å². The predicted octanol–water partition coefficient (Wildman–Crippen LogP) is 4.03. The largest absolute Gasteiger partial charge is 0.416 e. The first-order valence-electron chi connectivity index (χ1n) is 10.6. The third-order valence-corrected chi connectivity index (χ3v) is 6.57. The number of fused-ring (bicyclic) bond motifs is 4. The summed E-state index contributed by atoms with van der Waals surface area (Å²) in [6, 6.07) is 8.12. The summed E-state index contributed by atoms with van der Waals surface area (Å²) in [5, 5.41) is 6.94. The van der Waals surface area contributed by atoms with Gasteiger partial charge in [0, 0.05) is 24.9 Å². The molecule has 3 N–H and O–H groups in total. The fraction of sp³-hybridized carbons (Fsp3) is 0.174. The first-order chi connectivity index (χ1) is 17.0. The monoisotopic (exact) mass is 513 g/mol. The van der Waals surface area contributed by atoms with E-state index in [4.69, 9.17) is 5.73 Å². The molecule has 0 aliphatic carbocycles. The molecule has 0 unspecified atom stereocenters. The van der Waals surface area contributed by atoms with Crippen LogP contribution in [-0.4, -0.2) is 36.6 Å². The van der Waals surface area contributed by atoms with Crippen LogP contribution in [0.3, 0.4) is 0 Å². The topological polar surface area (TPSA) is 119 Å². The van der Waals surface area contributed by atoms with Crippen LogP contribution >= 0.6 is 11.3 Å². The van der Waals surface area contributed by atoms with Crippen LogP contribution in [0.4, 0.5) is 19.0 Å². The Morgan fingerprint density at radius 1 is 1.11 bits per heavy atom. The van der Waals surface area contributed by atoms with Gasteiger partial charge < -0.3 is 5.73 Å². The van der Waals surface area contributed by atoms with E-state index in [0.717, 1.165) is 28.5 Å². The number of alkyl halides is 3. The summed E-state index contributed by atoms with van der Waals surface area (Å²) in [5.41, 5.74) is 9.39. The Labute approximate surface area is 205 Å². The molecule has 0 radical (unpaired) electrons. The molecule has 0 aliphatic heterocycles. The van der Waals surface area contributed by atoms with Gasteiger partial charge in [-0.05, 0) is 36.4 Å². The van der Waals surface area contributed by atoms with Gasteiger partial charge in [0.1, 0.15) is 10.8 Å². The van der Waals surface area contributed by atoms with Gasteiger partial charge in [-0.2, -0.15) is 18.3 Å². The molecule has 36 heavy (non-hydrogen) atoms. The Hall–Kier alpha value is -4.26. The van der Waals surface area contributed by atoms with Crippen LogP contribution in [0.25, 0.3) is 32.0 Å². The molecule has 0 atom stereocenters. The molecule has 0 fully saturated rings. The number of nitrogens with one attached hydrogen (secondary N) is 1. The second-order valence-corrected chi connectivity index (χ2v) is 9.22. The molecular weight excluding hydrogens is 495 g/mol.